The molecule has 0 aliphatic rings. The van der Waals surface area contributed by atoms with Gasteiger partial charge in [0.05, 0.1) is 25.5 Å². The van der Waals surface area contributed by atoms with E-state index >= 15 is 0 Å². The first kappa shape index (κ1) is 11.7. The van der Waals surface area contributed by atoms with Crippen molar-refractivity contribution in [2.45, 2.75) is 0 Å². The van der Waals surface area contributed by atoms with Gasteiger partial charge in [0.15, 0.2) is 0 Å². The van der Waals surface area contributed by atoms with Crippen molar-refractivity contribution in [1.29, 1.82) is 0 Å². The van der Waals surface area contributed by atoms with Crippen LogP contribution in [-0.4, -0.2) is 38.5 Å². The summed E-state index contributed by atoms with van der Waals surface area (Å²) in [4.78, 5) is 3.98. The molecule has 0 aliphatic carbocycles. The minimum absolute atomic E-state index is 0.435. The predicted molar refractivity (Wildman–Crippen MR) is 56.8 cm³/mol. The van der Waals surface area contributed by atoms with E-state index in [9.17, 15) is 0 Å². The first-order valence-electron chi connectivity index (χ1n) is 4.74. The highest BCUT2D eigenvalue weighted by atomic mass is 16.5. The summed E-state index contributed by atoms with van der Waals surface area (Å²) in [5.74, 6) is 0.452. The second-order valence-corrected chi connectivity index (χ2v) is 2.85. The lowest BCUT2D eigenvalue weighted by atomic mass is 10.4. The van der Waals surface area contributed by atoms with Gasteiger partial charge in [0, 0.05) is 13.3 Å². The SMILES string of the molecule is COCCOCCOc1ncccc1N. The van der Waals surface area contributed by atoms with E-state index in [2.05, 4.69) is 4.98 Å². The monoisotopic (exact) mass is 212 g/mol. The number of nitrogens with two attached hydrogens (primary N) is 1. The van der Waals surface area contributed by atoms with E-state index < -0.39 is 0 Å². The zero-order valence-corrected chi connectivity index (χ0v) is 8.81. The molecule has 0 saturated carbocycles. The molecule has 0 aliphatic heterocycles. The number of methoxy groups -OCH3 is 1. The van der Waals surface area contributed by atoms with Crippen molar-refractivity contribution in [1.82, 2.24) is 4.98 Å². The number of nitrogen functional groups attached to an aromatic ring is 1. The highest BCUT2D eigenvalue weighted by molar-refractivity contribution is 5.46. The number of pyridine rings is 1. The zero-order valence-electron chi connectivity index (χ0n) is 8.81. The Balaban J connectivity index is 2.12. The number of aromatic nitrogens is 1. The summed E-state index contributed by atoms with van der Waals surface area (Å²) in [6.45, 7) is 2.09. The number of nitrogens with zero attached hydrogens (tertiary/aromatic N) is 1. The lowest BCUT2D eigenvalue weighted by Gasteiger charge is -2.07. The number of hydrogen-bond donors (Lipinski definition) is 1. The van der Waals surface area contributed by atoms with Crippen molar-refractivity contribution in [3.8, 4) is 5.88 Å². The van der Waals surface area contributed by atoms with E-state index in [1.54, 1.807) is 25.4 Å². The zero-order chi connectivity index (χ0) is 10.9. The Morgan fingerprint density at radius 3 is 2.80 bits per heavy atom. The number of hydrogen-bond acceptors (Lipinski definition) is 5. The van der Waals surface area contributed by atoms with Crippen molar-refractivity contribution in [2.24, 2.45) is 0 Å². The molecule has 84 valence electrons. The molecule has 1 heterocycles. The molecular weight excluding hydrogens is 196 g/mol. The Kier molecular flexibility index (Phi) is 5.50. The third kappa shape index (κ3) is 4.62. The second-order valence-electron chi connectivity index (χ2n) is 2.85. The van der Waals surface area contributed by atoms with Crippen molar-refractivity contribution >= 4 is 5.69 Å². The van der Waals surface area contributed by atoms with Gasteiger partial charge in [0.25, 0.3) is 0 Å². The first-order valence-corrected chi connectivity index (χ1v) is 4.74. The average Bonchev–Trinajstić information content (AvgIpc) is 2.25. The molecule has 0 amide bonds. The quantitative estimate of drug-likeness (QED) is 0.674. The van der Waals surface area contributed by atoms with E-state index in [-0.39, 0.29) is 0 Å². The highest BCUT2D eigenvalue weighted by Gasteiger charge is 1.99. The second kappa shape index (κ2) is 7.03. The van der Waals surface area contributed by atoms with Crippen LogP contribution in [0.5, 0.6) is 5.88 Å². The summed E-state index contributed by atoms with van der Waals surface area (Å²) in [5, 5.41) is 0. The molecule has 2 N–H and O–H groups in total. The van der Waals surface area contributed by atoms with E-state index in [1.165, 1.54) is 0 Å². The average molecular weight is 212 g/mol. The van der Waals surface area contributed by atoms with Gasteiger partial charge < -0.3 is 19.9 Å². The van der Waals surface area contributed by atoms with E-state index in [4.69, 9.17) is 19.9 Å². The molecule has 1 aromatic rings. The standard InChI is InChI=1S/C10H16N2O3/c1-13-5-6-14-7-8-15-10-9(11)3-2-4-12-10/h2-4H,5-8,11H2,1H3. The number of rotatable bonds is 7. The van der Waals surface area contributed by atoms with Crippen molar-refractivity contribution in [3.63, 3.8) is 0 Å². The van der Waals surface area contributed by atoms with Crippen LogP contribution in [0.3, 0.4) is 0 Å². The summed E-state index contributed by atoms with van der Waals surface area (Å²) in [5.41, 5.74) is 6.17. The maximum absolute atomic E-state index is 5.63. The van der Waals surface area contributed by atoms with Crippen LogP contribution < -0.4 is 10.5 Å². The fraction of sp³-hybridized carbons (Fsp3) is 0.500. The Labute approximate surface area is 89.2 Å². The molecule has 0 unspecified atom stereocenters. The minimum atomic E-state index is 0.435. The highest BCUT2D eigenvalue weighted by Crippen LogP contribution is 2.15. The molecule has 1 rings (SSSR count). The van der Waals surface area contributed by atoms with Gasteiger partial charge in [-0.05, 0) is 12.1 Å². The van der Waals surface area contributed by atoms with Crippen LogP contribution in [0.2, 0.25) is 0 Å². The van der Waals surface area contributed by atoms with Crippen molar-refractivity contribution < 1.29 is 14.2 Å². The van der Waals surface area contributed by atoms with Gasteiger partial charge in [-0.25, -0.2) is 4.98 Å². The number of anilines is 1. The van der Waals surface area contributed by atoms with Gasteiger partial charge in [-0.1, -0.05) is 0 Å². The Hall–Kier alpha value is -1.33. The molecule has 0 aromatic carbocycles. The maximum atomic E-state index is 5.63. The van der Waals surface area contributed by atoms with Crippen molar-refractivity contribution in [3.05, 3.63) is 18.3 Å². The van der Waals surface area contributed by atoms with Crippen LogP contribution in [0.4, 0.5) is 5.69 Å². The van der Waals surface area contributed by atoms with Crippen LogP contribution >= 0.6 is 0 Å². The fourth-order valence-electron chi connectivity index (χ4n) is 0.965. The minimum Gasteiger partial charge on any atom is -0.474 e. The first-order chi connectivity index (χ1) is 7.34. The van der Waals surface area contributed by atoms with Gasteiger partial charge in [0.1, 0.15) is 6.61 Å². The molecule has 0 bridgehead atoms. The maximum Gasteiger partial charge on any atom is 0.237 e. The van der Waals surface area contributed by atoms with E-state index in [0.29, 0.717) is 38.0 Å². The largest absolute Gasteiger partial charge is 0.474 e. The molecule has 1 aromatic heterocycles. The van der Waals surface area contributed by atoms with Crippen LogP contribution in [0.1, 0.15) is 0 Å². The van der Waals surface area contributed by atoms with Crippen molar-refractivity contribution in [2.75, 3.05) is 39.3 Å². The van der Waals surface area contributed by atoms with Crippen LogP contribution in [0, 0.1) is 0 Å². The van der Waals surface area contributed by atoms with Crippen LogP contribution in [-0.2, 0) is 9.47 Å². The Morgan fingerprint density at radius 1 is 1.27 bits per heavy atom. The predicted octanol–water partition coefficient (Wildman–Crippen LogP) is 0.706. The number of ether oxygens (including phenoxy) is 3. The normalized spacial score (nSPS) is 10.2. The third-order valence-corrected chi connectivity index (χ3v) is 1.70. The Morgan fingerprint density at radius 2 is 2.07 bits per heavy atom. The topological polar surface area (TPSA) is 66.6 Å². The summed E-state index contributed by atoms with van der Waals surface area (Å²) in [6, 6.07) is 3.51. The molecule has 5 heteroatoms. The van der Waals surface area contributed by atoms with Crippen LogP contribution in [0.15, 0.2) is 18.3 Å². The molecule has 0 saturated heterocycles. The Bertz CT molecular complexity index is 281. The van der Waals surface area contributed by atoms with Crippen LogP contribution in [0.25, 0.3) is 0 Å². The lowest BCUT2D eigenvalue weighted by molar-refractivity contribution is 0.0538. The smallest absolute Gasteiger partial charge is 0.237 e. The van der Waals surface area contributed by atoms with E-state index in [1.807, 2.05) is 0 Å². The molecule has 0 atom stereocenters. The molecule has 15 heavy (non-hydrogen) atoms. The molecule has 0 spiro atoms. The molecule has 5 nitrogen and oxygen atoms in total. The van der Waals surface area contributed by atoms with E-state index in [0.717, 1.165) is 0 Å². The summed E-state index contributed by atoms with van der Waals surface area (Å²) in [6.07, 6.45) is 1.64. The molecule has 0 radical (unpaired) electrons. The van der Waals surface area contributed by atoms with Gasteiger partial charge in [0.2, 0.25) is 5.88 Å². The molecule has 0 fully saturated rings. The summed E-state index contributed by atoms with van der Waals surface area (Å²) >= 11 is 0. The summed E-state index contributed by atoms with van der Waals surface area (Å²) in [7, 11) is 1.63. The van der Waals surface area contributed by atoms with Gasteiger partial charge in [-0.2, -0.15) is 0 Å². The fourth-order valence-corrected chi connectivity index (χ4v) is 0.965. The van der Waals surface area contributed by atoms with Gasteiger partial charge in [-0.15, -0.1) is 0 Å². The lowest BCUT2D eigenvalue weighted by Crippen LogP contribution is -2.11. The van der Waals surface area contributed by atoms with Gasteiger partial charge in [-0.3, -0.25) is 0 Å². The third-order valence-electron chi connectivity index (χ3n) is 1.70. The molecular formula is C10H16N2O3. The summed E-state index contributed by atoms with van der Waals surface area (Å²) < 4.78 is 15.4. The van der Waals surface area contributed by atoms with Gasteiger partial charge >= 0.3 is 0 Å².